The van der Waals surface area contributed by atoms with Gasteiger partial charge in [-0.1, -0.05) is 12.1 Å². The highest BCUT2D eigenvalue weighted by Gasteiger charge is 2.22. The Morgan fingerprint density at radius 3 is 2.52 bits per heavy atom. The zero-order valence-corrected chi connectivity index (χ0v) is 13.6. The van der Waals surface area contributed by atoms with Gasteiger partial charge in [-0.05, 0) is 33.9 Å². The van der Waals surface area contributed by atoms with Gasteiger partial charge >= 0.3 is 0 Å². The number of nitrogens with one attached hydrogen (secondary N) is 1. The Morgan fingerprint density at radius 2 is 2.00 bits per heavy atom. The Bertz CT molecular complexity index is 459. The molecule has 0 aliphatic rings. The van der Waals surface area contributed by atoms with Gasteiger partial charge in [-0.2, -0.15) is 0 Å². The van der Waals surface area contributed by atoms with Crippen molar-refractivity contribution in [3.63, 3.8) is 0 Å². The number of rotatable bonds is 8. The van der Waals surface area contributed by atoms with E-state index in [0.29, 0.717) is 31.1 Å². The molecule has 5 heteroatoms. The second-order valence-electron chi connectivity index (χ2n) is 4.75. The normalized spacial score (nSPS) is 11.9. The molecule has 1 unspecified atom stereocenters. The maximum absolute atomic E-state index is 12.3. The fraction of sp³-hybridized carbons (Fsp3) is 0.562. The lowest BCUT2D eigenvalue weighted by atomic mass is 10.1. The average molecular weight is 294 g/mol. The Kier molecular flexibility index (Phi) is 7.02. The molecule has 0 saturated carbocycles. The predicted molar refractivity (Wildman–Crippen MR) is 83.8 cm³/mol. The fourth-order valence-electron chi connectivity index (χ4n) is 2.21. The van der Waals surface area contributed by atoms with E-state index in [4.69, 9.17) is 9.47 Å². The number of likely N-dealkylation sites (N-methyl/N-ethyl adjacent to an activating group) is 1. The second-order valence-corrected chi connectivity index (χ2v) is 4.75. The maximum Gasteiger partial charge on any atom is 0.263 e. The third-order valence-corrected chi connectivity index (χ3v) is 3.37. The summed E-state index contributed by atoms with van der Waals surface area (Å²) in [6.45, 7) is 7.71. The predicted octanol–water partition coefficient (Wildman–Crippen LogP) is 2.05. The molecule has 0 aliphatic heterocycles. The minimum Gasteiger partial charge on any atom is -0.493 e. The number of para-hydroxylation sites is 1. The van der Waals surface area contributed by atoms with Crippen LogP contribution < -0.4 is 14.8 Å². The molecule has 0 aromatic heterocycles. The van der Waals surface area contributed by atoms with Gasteiger partial charge < -0.3 is 19.7 Å². The molecule has 1 aromatic carbocycles. The lowest BCUT2D eigenvalue weighted by Gasteiger charge is -2.25. The molecule has 0 saturated heterocycles. The number of benzene rings is 1. The van der Waals surface area contributed by atoms with E-state index < -0.39 is 6.10 Å². The first-order chi connectivity index (χ1) is 10.1. The zero-order chi connectivity index (χ0) is 15.8. The molecule has 1 N–H and O–H groups in total. The van der Waals surface area contributed by atoms with Crippen molar-refractivity contribution >= 4 is 5.91 Å². The lowest BCUT2D eigenvalue weighted by molar-refractivity contribution is -0.137. The van der Waals surface area contributed by atoms with E-state index in [1.54, 1.807) is 18.9 Å². The first kappa shape index (κ1) is 17.3. The van der Waals surface area contributed by atoms with Crippen LogP contribution in [0.2, 0.25) is 0 Å². The van der Waals surface area contributed by atoms with Crippen molar-refractivity contribution in [3.8, 4) is 11.5 Å². The maximum atomic E-state index is 12.3. The van der Waals surface area contributed by atoms with Gasteiger partial charge in [-0.3, -0.25) is 4.79 Å². The van der Waals surface area contributed by atoms with Gasteiger partial charge in [0.1, 0.15) is 0 Å². The third kappa shape index (κ3) is 4.36. The molecule has 0 radical (unpaired) electrons. The highest BCUT2D eigenvalue weighted by molar-refractivity contribution is 5.81. The van der Waals surface area contributed by atoms with Gasteiger partial charge in [0, 0.05) is 25.2 Å². The van der Waals surface area contributed by atoms with Crippen LogP contribution in [-0.2, 0) is 11.3 Å². The van der Waals surface area contributed by atoms with Crippen LogP contribution in [0.4, 0.5) is 0 Å². The second kappa shape index (κ2) is 8.52. The monoisotopic (exact) mass is 294 g/mol. The van der Waals surface area contributed by atoms with Crippen LogP contribution in [0.15, 0.2) is 18.2 Å². The number of hydrogen-bond donors (Lipinski definition) is 1. The first-order valence-electron chi connectivity index (χ1n) is 7.34. The van der Waals surface area contributed by atoms with E-state index >= 15 is 0 Å². The molecule has 0 spiro atoms. The molecular weight excluding hydrogens is 268 g/mol. The third-order valence-electron chi connectivity index (χ3n) is 3.37. The minimum atomic E-state index is -0.545. The Morgan fingerprint density at radius 1 is 1.33 bits per heavy atom. The van der Waals surface area contributed by atoms with Gasteiger partial charge in [-0.25, -0.2) is 0 Å². The van der Waals surface area contributed by atoms with Gasteiger partial charge in [0.2, 0.25) is 0 Å². The van der Waals surface area contributed by atoms with Crippen LogP contribution >= 0.6 is 0 Å². The van der Waals surface area contributed by atoms with Crippen molar-refractivity contribution in [2.75, 3.05) is 27.2 Å². The average Bonchev–Trinajstić information content (AvgIpc) is 2.50. The van der Waals surface area contributed by atoms with Crippen molar-refractivity contribution in [3.05, 3.63) is 23.8 Å². The van der Waals surface area contributed by atoms with Crippen LogP contribution in [0.25, 0.3) is 0 Å². The van der Waals surface area contributed by atoms with Crippen molar-refractivity contribution < 1.29 is 14.3 Å². The molecule has 0 heterocycles. The van der Waals surface area contributed by atoms with Crippen LogP contribution in [-0.4, -0.2) is 44.2 Å². The van der Waals surface area contributed by atoms with Gasteiger partial charge in [0.05, 0.1) is 7.11 Å². The molecule has 5 nitrogen and oxygen atoms in total. The Labute approximate surface area is 127 Å². The van der Waals surface area contributed by atoms with Crippen LogP contribution in [0, 0.1) is 0 Å². The molecule has 0 bridgehead atoms. The number of methoxy groups -OCH3 is 1. The van der Waals surface area contributed by atoms with Crippen molar-refractivity contribution in [2.24, 2.45) is 0 Å². The van der Waals surface area contributed by atoms with Gasteiger partial charge in [0.25, 0.3) is 5.91 Å². The standard InChI is InChI=1S/C16H26N2O3/c1-6-18(7-2)16(19)12(3)21-15-13(11-17-4)9-8-10-14(15)20-5/h8-10,12,17H,6-7,11H2,1-5H3. The molecule has 1 rings (SSSR count). The first-order valence-corrected chi connectivity index (χ1v) is 7.34. The van der Waals surface area contributed by atoms with E-state index in [-0.39, 0.29) is 5.91 Å². The summed E-state index contributed by atoms with van der Waals surface area (Å²) in [5, 5.41) is 3.09. The Hall–Kier alpha value is -1.75. The minimum absolute atomic E-state index is 0.0127. The number of hydrogen-bond acceptors (Lipinski definition) is 4. The molecule has 21 heavy (non-hydrogen) atoms. The summed E-state index contributed by atoms with van der Waals surface area (Å²) in [7, 11) is 3.47. The van der Waals surface area contributed by atoms with E-state index in [1.807, 2.05) is 39.1 Å². The zero-order valence-electron chi connectivity index (χ0n) is 13.6. The number of ether oxygens (including phenoxy) is 2. The molecule has 118 valence electrons. The number of carbonyl (C=O) groups excluding carboxylic acids is 1. The van der Waals surface area contributed by atoms with E-state index in [2.05, 4.69) is 5.32 Å². The summed E-state index contributed by atoms with van der Waals surface area (Å²) >= 11 is 0. The molecule has 1 amide bonds. The number of carbonyl (C=O) groups is 1. The summed E-state index contributed by atoms with van der Waals surface area (Å²) in [5.74, 6) is 1.26. The van der Waals surface area contributed by atoms with E-state index in [9.17, 15) is 4.79 Å². The SMILES string of the molecule is CCN(CC)C(=O)C(C)Oc1c(CNC)cccc1OC. The lowest BCUT2D eigenvalue weighted by Crippen LogP contribution is -2.40. The van der Waals surface area contributed by atoms with Crippen LogP contribution in [0.1, 0.15) is 26.3 Å². The highest BCUT2D eigenvalue weighted by Crippen LogP contribution is 2.32. The van der Waals surface area contributed by atoms with E-state index in [1.165, 1.54) is 0 Å². The highest BCUT2D eigenvalue weighted by atomic mass is 16.5. The fourth-order valence-corrected chi connectivity index (χ4v) is 2.21. The van der Waals surface area contributed by atoms with E-state index in [0.717, 1.165) is 5.56 Å². The summed E-state index contributed by atoms with van der Waals surface area (Å²) in [4.78, 5) is 14.1. The quantitative estimate of drug-likeness (QED) is 0.797. The smallest absolute Gasteiger partial charge is 0.263 e. The van der Waals surface area contributed by atoms with Crippen molar-refractivity contribution in [1.29, 1.82) is 0 Å². The molecule has 0 fully saturated rings. The topological polar surface area (TPSA) is 50.8 Å². The van der Waals surface area contributed by atoms with Crippen molar-refractivity contribution in [1.82, 2.24) is 10.2 Å². The summed E-state index contributed by atoms with van der Waals surface area (Å²) in [6.07, 6.45) is -0.545. The summed E-state index contributed by atoms with van der Waals surface area (Å²) in [5.41, 5.74) is 0.969. The molecule has 0 aliphatic carbocycles. The number of nitrogens with zero attached hydrogens (tertiary/aromatic N) is 1. The summed E-state index contributed by atoms with van der Waals surface area (Å²) in [6, 6.07) is 5.71. The Balaban J connectivity index is 2.97. The summed E-state index contributed by atoms with van der Waals surface area (Å²) < 4.78 is 11.3. The van der Waals surface area contributed by atoms with Gasteiger partial charge in [-0.15, -0.1) is 0 Å². The van der Waals surface area contributed by atoms with Crippen molar-refractivity contribution in [2.45, 2.75) is 33.4 Å². The molecule has 1 atom stereocenters. The molecule has 1 aromatic rings. The van der Waals surface area contributed by atoms with Crippen LogP contribution in [0.3, 0.4) is 0 Å². The number of amides is 1. The molecular formula is C16H26N2O3. The largest absolute Gasteiger partial charge is 0.493 e. The van der Waals surface area contributed by atoms with Gasteiger partial charge in [0.15, 0.2) is 17.6 Å². The van der Waals surface area contributed by atoms with Crippen LogP contribution in [0.5, 0.6) is 11.5 Å².